The minimum absolute atomic E-state index is 0.0322. The van der Waals surface area contributed by atoms with Crippen LogP contribution in [0.15, 0.2) is 48.9 Å². The molecule has 4 rings (SSSR count). The summed E-state index contributed by atoms with van der Waals surface area (Å²) in [5, 5.41) is 0. The Morgan fingerprint density at radius 1 is 1.11 bits per heavy atom. The zero-order valence-electron chi connectivity index (χ0n) is 18.9. The maximum Gasteiger partial charge on any atom is 0.417 e. The van der Waals surface area contributed by atoms with Gasteiger partial charge in [0, 0.05) is 48.5 Å². The number of nitrogens with zero attached hydrogens (tertiary/aromatic N) is 4. The van der Waals surface area contributed by atoms with Gasteiger partial charge in [-0.05, 0) is 55.9 Å². The maximum absolute atomic E-state index is 15.0. The first-order chi connectivity index (χ1) is 16.6. The van der Waals surface area contributed by atoms with Crippen molar-refractivity contribution in [3.8, 4) is 11.4 Å². The third-order valence-electron chi connectivity index (χ3n) is 6.30. The quantitative estimate of drug-likeness (QED) is 0.430. The molecule has 2 aromatic heterocycles. The molecule has 0 aliphatic carbocycles. The summed E-state index contributed by atoms with van der Waals surface area (Å²) >= 11 is 0. The Morgan fingerprint density at radius 3 is 2.51 bits per heavy atom. The number of alkyl halides is 3. The molecule has 1 aliphatic rings. The van der Waals surface area contributed by atoms with Gasteiger partial charge in [-0.15, -0.1) is 0 Å². The Bertz CT molecular complexity index is 1180. The Labute approximate surface area is 199 Å². The Balaban J connectivity index is 1.60. The van der Waals surface area contributed by atoms with Gasteiger partial charge in [-0.3, -0.25) is 9.78 Å². The molecule has 0 N–H and O–H groups in total. The number of hydrogen-bond acceptors (Lipinski definition) is 4. The molecule has 184 valence electrons. The topological polar surface area (TPSA) is 59.0 Å². The Hall–Kier alpha value is -3.43. The van der Waals surface area contributed by atoms with E-state index in [9.17, 15) is 26.7 Å². The number of likely N-dealkylation sites (tertiary alicyclic amines) is 1. The zero-order valence-corrected chi connectivity index (χ0v) is 18.9. The first-order valence-corrected chi connectivity index (χ1v) is 11.2. The highest BCUT2D eigenvalue weighted by atomic mass is 19.4. The molecular weight excluding hydrogens is 467 g/mol. The molecule has 1 fully saturated rings. The molecule has 0 unspecified atom stereocenters. The van der Waals surface area contributed by atoms with Crippen LogP contribution in [0.1, 0.15) is 47.8 Å². The average molecular weight is 490 g/mol. The molecule has 2 atom stereocenters. The van der Waals surface area contributed by atoms with Crippen LogP contribution in [0.2, 0.25) is 0 Å². The van der Waals surface area contributed by atoms with Gasteiger partial charge >= 0.3 is 6.18 Å². The predicted octanol–water partition coefficient (Wildman–Crippen LogP) is 5.71. The molecule has 0 spiro atoms. The summed E-state index contributed by atoms with van der Waals surface area (Å²) in [6, 6.07) is 5.27. The van der Waals surface area contributed by atoms with Crippen LogP contribution in [-0.4, -0.2) is 38.3 Å². The van der Waals surface area contributed by atoms with Crippen molar-refractivity contribution < 1.29 is 26.7 Å². The van der Waals surface area contributed by atoms with Crippen molar-refractivity contribution in [2.24, 2.45) is 5.92 Å². The average Bonchev–Trinajstić information content (AvgIpc) is 2.82. The van der Waals surface area contributed by atoms with Gasteiger partial charge < -0.3 is 4.90 Å². The van der Waals surface area contributed by atoms with E-state index in [0.29, 0.717) is 37.6 Å². The van der Waals surface area contributed by atoms with Crippen molar-refractivity contribution in [2.75, 3.05) is 6.54 Å². The molecule has 0 bridgehead atoms. The molecule has 3 heterocycles. The summed E-state index contributed by atoms with van der Waals surface area (Å²) in [6.45, 7) is 2.35. The summed E-state index contributed by atoms with van der Waals surface area (Å²) < 4.78 is 67.5. The van der Waals surface area contributed by atoms with Gasteiger partial charge in [-0.25, -0.2) is 18.7 Å². The fraction of sp³-hybridized carbons (Fsp3) is 0.360. The van der Waals surface area contributed by atoms with Crippen LogP contribution in [0, 0.1) is 17.6 Å². The van der Waals surface area contributed by atoms with Crippen LogP contribution in [0.4, 0.5) is 22.0 Å². The van der Waals surface area contributed by atoms with E-state index < -0.39 is 29.3 Å². The number of benzene rings is 1. The van der Waals surface area contributed by atoms with E-state index in [1.54, 1.807) is 11.0 Å². The van der Waals surface area contributed by atoms with Crippen molar-refractivity contribution in [3.05, 3.63) is 77.4 Å². The Kier molecular flexibility index (Phi) is 7.09. The van der Waals surface area contributed by atoms with Gasteiger partial charge in [-0.1, -0.05) is 6.92 Å². The molecule has 1 aromatic carbocycles. The van der Waals surface area contributed by atoms with Crippen LogP contribution in [0.25, 0.3) is 11.4 Å². The Morgan fingerprint density at radius 2 is 1.86 bits per heavy atom. The van der Waals surface area contributed by atoms with E-state index in [1.807, 2.05) is 6.92 Å². The highest BCUT2D eigenvalue weighted by Gasteiger charge is 2.35. The third-order valence-corrected chi connectivity index (χ3v) is 6.30. The molecule has 1 saturated heterocycles. The first-order valence-electron chi connectivity index (χ1n) is 11.2. The standard InChI is InChI=1S/C25H23F5N4O/c1-15-4-2-11-34(21(15)8-7-18-6-5-16(14-33-18)25(28,29)30)24(35)22-19(12-17(26)13-20(22)27)23-31-9-3-10-32-23/h3,5-6,9-10,12-15,21H,2,4,7-8,11H2,1H3/t15-,21-/m1/s1. The number of rotatable bonds is 5. The molecular formula is C25H23F5N4O. The van der Waals surface area contributed by atoms with Gasteiger partial charge in [0.2, 0.25) is 0 Å². The summed E-state index contributed by atoms with van der Waals surface area (Å²) in [6.07, 6.45) is 1.50. The second-order valence-corrected chi connectivity index (χ2v) is 8.64. The number of halogens is 5. The van der Waals surface area contributed by atoms with E-state index in [4.69, 9.17) is 0 Å². The summed E-state index contributed by atoms with van der Waals surface area (Å²) in [4.78, 5) is 27.2. The van der Waals surface area contributed by atoms with Gasteiger partial charge in [0.05, 0.1) is 11.1 Å². The molecule has 1 amide bonds. The summed E-state index contributed by atoms with van der Waals surface area (Å²) in [5.74, 6) is -2.34. The minimum atomic E-state index is -4.47. The van der Waals surface area contributed by atoms with Crippen LogP contribution >= 0.6 is 0 Å². The first kappa shape index (κ1) is 24.7. The van der Waals surface area contributed by atoms with Crippen LogP contribution < -0.4 is 0 Å². The maximum atomic E-state index is 15.0. The smallest absolute Gasteiger partial charge is 0.335 e. The lowest BCUT2D eigenvalue weighted by atomic mass is 9.86. The molecule has 35 heavy (non-hydrogen) atoms. The van der Waals surface area contributed by atoms with E-state index in [0.717, 1.165) is 24.8 Å². The highest BCUT2D eigenvalue weighted by molar-refractivity contribution is 6.00. The largest absolute Gasteiger partial charge is 0.417 e. The van der Waals surface area contributed by atoms with Crippen LogP contribution in [0.3, 0.4) is 0 Å². The normalized spacial score (nSPS) is 18.5. The fourth-order valence-corrected chi connectivity index (χ4v) is 4.53. The van der Waals surface area contributed by atoms with Crippen LogP contribution in [0.5, 0.6) is 0 Å². The fourth-order valence-electron chi connectivity index (χ4n) is 4.53. The SMILES string of the molecule is C[C@@H]1CCCN(C(=O)c2c(F)cc(F)cc2-c2ncccn2)[C@@H]1CCc1ccc(C(F)(F)F)cn1. The number of carbonyl (C=O) groups is 1. The monoisotopic (exact) mass is 490 g/mol. The molecule has 10 heteroatoms. The highest BCUT2D eigenvalue weighted by Crippen LogP contribution is 2.32. The lowest BCUT2D eigenvalue weighted by Crippen LogP contribution is -2.48. The molecule has 5 nitrogen and oxygen atoms in total. The van der Waals surface area contributed by atoms with Gasteiger partial charge in [0.1, 0.15) is 11.6 Å². The van der Waals surface area contributed by atoms with Crippen molar-refractivity contribution in [3.63, 3.8) is 0 Å². The van der Waals surface area contributed by atoms with E-state index in [1.165, 1.54) is 18.5 Å². The van der Waals surface area contributed by atoms with E-state index in [-0.39, 0.29) is 28.9 Å². The number of piperidine rings is 1. The lowest BCUT2D eigenvalue weighted by molar-refractivity contribution is -0.137. The second kappa shape index (κ2) is 10.1. The summed E-state index contributed by atoms with van der Waals surface area (Å²) in [7, 11) is 0. The molecule has 0 saturated carbocycles. The van der Waals surface area contributed by atoms with Gasteiger partial charge in [-0.2, -0.15) is 13.2 Å². The van der Waals surface area contributed by atoms with Crippen LogP contribution in [-0.2, 0) is 12.6 Å². The van der Waals surface area contributed by atoms with Crippen molar-refractivity contribution >= 4 is 5.91 Å². The number of hydrogen-bond donors (Lipinski definition) is 0. The molecule has 1 aliphatic heterocycles. The summed E-state index contributed by atoms with van der Waals surface area (Å²) in [5.41, 5.74) is -0.695. The number of aryl methyl sites for hydroxylation is 1. The van der Waals surface area contributed by atoms with Crippen molar-refractivity contribution in [1.29, 1.82) is 0 Å². The predicted molar refractivity (Wildman–Crippen MR) is 118 cm³/mol. The van der Waals surface area contributed by atoms with Gasteiger partial charge in [0.25, 0.3) is 5.91 Å². The van der Waals surface area contributed by atoms with Crippen molar-refractivity contribution in [2.45, 2.75) is 44.8 Å². The lowest BCUT2D eigenvalue weighted by Gasteiger charge is -2.40. The van der Waals surface area contributed by atoms with E-state index >= 15 is 0 Å². The second-order valence-electron chi connectivity index (χ2n) is 8.64. The number of pyridine rings is 1. The molecule has 0 radical (unpaired) electrons. The minimum Gasteiger partial charge on any atom is -0.335 e. The zero-order chi connectivity index (χ0) is 25.2. The van der Waals surface area contributed by atoms with Gasteiger partial charge in [0.15, 0.2) is 5.82 Å². The van der Waals surface area contributed by atoms with E-state index in [2.05, 4.69) is 15.0 Å². The number of aromatic nitrogens is 3. The number of carbonyl (C=O) groups excluding carboxylic acids is 1. The van der Waals surface area contributed by atoms with Crippen molar-refractivity contribution in [1.82, 2.24) is 19.9 Å². The number of amides is 1. The molecule has 3 aromatic rings. The third kappa shape index (κ3) is 5.47.